The van der Waals surface area contributed by atoms with Gasteiger partial charge < -0.3 is 29.0 Å². The van der Waals surface area contributed by atoms with Gasteiger partial charge in [-0.1, -0.05) is 18.2 Å². The first-order valence-corrected chi connectivity index (χ1v) is 11.6. The number of carbonyl (C=O) groups excluding carboxylic acids is 1. The summed E-state index contributed by atoms with van der Waals surface area (Å²) in [5.41, 5.74) is 4.80. The number of nitrogens with zero attached hydrogens (tertiary/aromatic N) is 2. The summed E-state index contributed by atoms with van der Waals surface area (Å²) in [5, 5.41) is 1.24. The molecule has 7 nitrogen and oxygen atoms in total. The molecule has 1 saturated heterocycles. The number of ether oxygens (including phenoxy) is 3. The second-order valence-corrected chi connectivity index (χ2v) is 8.65. The van der Waals surface area contributed by atoms with Crippen molar-refractivity contribution in [1.29, 1.82) is 0 Å². The molecule has 3 aromatic rings. The highest BCUT2D eigenvalue weighted by molar-refractivity contribution is 5.83. The van der Waals surface area contributed by atoms with Crippen LogP contribution >= 0.6 is 0 Å². The number of hydrogen-bond donors (Lipinski definition) is 1. The largest absolute Gasteiger partial charge is 0.493 e. The minimum Gasteiger partial charge on any atom is -0.493 e. The van der Waals surface area contributed by atoms with Crippen molar-refractivity contribution in [1.82, 2.24) is 14.8 Å². The van der Waals surface area contributed by atoms with E-state index in [0.29, 0.717) is 38.6 Å². The predicted molar refractivity (Wildman–Crippen MR) is 127 cm³/mol. The average molecular weight is 450 g/mol. The van der Waals surface area contributed by atoms with Crippen LogP contribution in [-0.2, 0) is 17.6 Å². The minimum absolute atomic E-state index is 0.0300. The van der Waals surface area contributed by atoms with Crippen LogP contribution in [0.4, 0.5) is 4.79 Å². The highest BCUT2D eigenvalue weighted by Crippen LogP contribution is 2.40. The number of morpholine rings is 1. The molecule has 5 rings (SSSR count). The topological polar surface area (TPSA) is 67.0 Å². The van der Waals surface area contributed by atoms with Crippen LogP contribution in [0.3, 0.4) is 0 Å². The van der Waals surface area contributed by atoms with Crippen LogP contribution in [0.5, 0.6) is 11.5 Å². The number of hydrogen-bond acceptors (Lipinski definition) is 4. The normalized spacial score (nSPS) is 18.3. The SMILES string of the molecule is COc1cc2c(cc1OC)[C@@H](CCc1c[nH]c3ccccc13)N(C(=O)N1CCOCC1)CC2. The Hall–Kier alpha value is -3.19. The maximum atomic E-state index is 13.6. The van der Waals surface area contributed by atoms with Crippen LogP contribution in [0.25, 0.3) is 10.9 Å². The number of amides is 2. The van der Waals surface area contributed by atoms with Gasteiger partial charge in [-0.25, -0.2) is 4.79 Å². The van der Waals surface area contributed by atoms with E-state index in [1.54, 1.807) is 14.2 Å². The van der Waals surface area contributed by atoms with Gasteiger partial charge in [-0.3, -0.25) is 0 Å². The molecule has 0 aliphatic carbocycles. The van der Waals surface area contributed by atoms with Gasteiger partial charge in [-0.2, -0.15) is 0 Å². The third-order valence-corrected chi connectivity index (χ3v) is 6.89. The highest BCUT2D eigenvalue weighted by atomic mass is 16.5. The van der Waals surface area contributed by atoms with E-state index in [1.165, 1.54) is 16.5 Å². The number of fused-ring (bicyclic) bond motifs is 2. The number of aromatic amines is 1. The van der Waals surface area contributed by atoms with E-state index in [2.05, 4.69) is 46.4 Å². The molecule has 0 saturated carbocycles. The number of aryl methyl sites for hydroxylation is 1. The summed E-state index contributed by atoms with van der Waals surface area (Å²) < 4.78 is 16.6. The van der Waals surface area contributed by atoms with Gasteiger partial charge in [0.25, 0.3) is 0 Å². The Kier molecular flexibility index (Phi) is 6.13. The average Bonchev–Trinajstić information content (AvgIpc) is 3.29. The van der Waals surface area contributed by atoms with E-state index >= 15 is 0 Å². The lowest BCUT2D eigenvalue weighted by atomic mass is 9.88. The lowest BCUT2D eigenvalue weighted by Crippen LogP contribution is -2.51. The summed E-state index contributed by atoms with van der Waals surface area (Å²) in [4.78, 5) is 20.9. The number of carbonyl (C=O) groups is 1. The van der Waals surface area contributed by atoms with Crippen molar-refractivity contribution in [2.75, 3.05) is 47.1 Å². The molecule has 2 aromatic carbocycles. The zero-order valence-corrected chi connectivity index (χ0v) is 19.3. The molecule has 33 heavy (non-hydrogen) atoms. The molecule has 2 aliphatic rings. The Morgan fingerprint density at radius 1 is 1.09 bits per heavy atom. The number of para-hydroxylation sites is 1. The van der Waals surface area contributed by atoms with E-state index in [1.807, 2.05) is 11.0 Å². The third kappa shape index (κ3) is 4.13. The standard InChI is InChI=1S/C26H31N3O4/c1-31-24-15-18-9-10-29(26(30)28-11-13-33-14-12-28)23(21(18)16-25(24)32-2)8-7-19-17-27-22-6-4-3-5-20(19)22/h3-6,15-17,23,27H,7-14H2,1-2H3/t23-/m1/s1. The summed E-state index contributed by atoms with van der Waals surface area (Å²) in [6.45, 7) is 3.17. The maximum absolute atomic E-state index is 13.6. The fourth-order valence-corrected chi connectivity index (χ4v) is 5.14. The van der Waals surface area contributed by atoms with Crippen LogP contribution in [0.1, 0.15) is 29.2 Å². The van der Waals surface area contributed by atoms with Gasteiger partial charge in [0, 0.05) is 36.7 Å². The summed E-state index contributed by atoms with van der Waals surface area (Å²) in [6.07, 6.45) is 4.60. The number of aromatic nitrogens is 1. The Morgan fingerprint density at radius 2 is 1.85 bits per heavy atom. The van der Waals surface area contributed by atoms with Gasteiger partial charge in [0.2, 0.25) is 0 Å². The van der Waals surface area contributed by atoms with Crippen LogP contribution in [0.2, 0.25) is 0 Å². The molecular weight excluding hydrogens is 418 g/mol. The summed E-state index contributed by atoms with van der Waals surface area (Å²) in [5.74, 6) is 1.44. The molecule has 174 valence electrons. The smallest absolute Gasteiger partial charge is 0.320 e. The number of urea groups is 1. The van der Waals surface area contributed by atoms with Crippen molar-refractivity contribution < 1.29 is 19.0 Å². The zero-order chi connectivity index (χ0) is 22.8. The Balaban J connectivity index is 1.48. The number of benzene rings is 2. The number of methoxy groups -OCH3 is 2. The number of nitrogens with one attached hydrogen (secondary N) is 1. The van der Waals surface area contributed by atoms with Gasteiger partial charge in [-0.15, -0.1) is 0 Å². The molecule has 0 spiro atoms. The van der Waals surface area contributed by atoms with Crippen LogP contribution in [0, 0.1) is 0 Å². The van der Waals surface area contributed by atoms with Crippen molar-refractivity contribution in [3.63, 3.8) is 0 Å². The molecule has 1 N–H and O–H groups in total. The Morgan fingerprint density at radius 3 is 2.64 bits per heavy atom. The van der Waals surface area contributed by atoms with Crippen molar-refractivity contribution in [2.45, 2.75) is 25.3 Å². The number of H-pyrrole nitrogens is 1. The van der Waals surface area contributed by atoms with Gasteiger partial charge in [0.15, 0.2) is 11.5 Å². The lowest BCUT2D eigenvalue weighted by Gasteiger charge is -2.41. The fraction of sp³-hybridized carbons (Fsp3) is 0.423. The van der Waals surface area contributed by atoms with E-state index < -0.39 is 0 Å². The van der Waals surface area contributed by atoms with E-state index in [-0.39, 0.29) is 12.1 Å². The molecule has 1 atom stereocenters. The second kappa shape index (κ2) is 9.35. The van der Waals surface area contributed by atoms with Gasteiger partial charge >= 0.3 is 6.03 Å². The Labute approximate surface area is 194 Å². The van der Waals surface area contributed by atoms with Crippen molar-refractivity contribution >= 4 is 16.9 Å². The number of rotatable bonds is 5. The molecule has 0 radical (unpaired) electrons. The lowest BCUT2D eigenvalue weighted by molar-refractivity contribution is 0.0376. The van der Waals surface area contributed by atoms with Gasteiger partial charge in [-0.05, 0) is 54.2 Å². The fourth-order valence-electron chi connectivity index (χ4n) is 5.14. The first-order valence-electron chi connectivity index (χ1n) is 11.6. The van der Waals surface area contributed by atoms with Gasteiger partial charge in [0.05, 0.1) is 33.5 Å². The van der Waals surface area contributed by atoms with Crippen molar-refractivity contribution in [3.05, 3.63) is 59.3 Å². The molecule has 2 amide bonds. The van der Waals surface area contributed by atoms with Crippen molar-refractivity contribution in [3.8, 4) is 11.5 Å². The summed E-state index contributed by atoms with van der Waals surface area (Å²) in [6, 6.07) is 12.6. The minimum atomic E-state index is -0.0300. The monoisotopic (exact) mass is 449 g/mol. The third-order valence-electron chi connectivity index (χ3n) is 6.89. The molecule has 0 bridgehead atoms. The van der Waals surface area contributed by atoms with Gasteiger partial charge in [0.1, 0.15) is 0 Å². The Bertz CT molecular complexity index is 1140. The molecule has 1 aromatic heterocycles. The highest BCUT2D eigenvalue weighted by Gasteiger charge is 2.34. The molecule has 3 heterocycles. The van der Waals surface area contributed by atoms with Crippen LogP contribution < -0.4 is 9.47 Å². The zero-order valence-electron chi connectivity index (χ0n) is 19.3. The summed E-state index contributed by atoms with van der Waals surface area (Å²) in [7, 11) is 3.32. The molecule has 2 aliphatic heterocycles. The van der Waals surface area contributed by atoms with Crippen LogP contribution in [0.15, 0.2) is 42.6 Å². The van der Waals surface area contributed by atoms with Crippen molar-refractivity contribution in [2.24, 2.45) is 0 Å². The van der Waals surface area contributed by atoms with E-state index in [9.17, 15) is 4.79 Å². The predicted octanol–water partition coefficient (Wildman–Crippen LogP) is 4.17. The molecule has 1 fully saturated rings. The first kappa shape index (κ1) is 21.6. The van der Waals surface area contributed by atoms with E-state index in [4.69, 9.17) is 14.2 Å². The first-order chi connectivity index (χ1) is 16.2. The second-order valence-electron chi connectivity index (χ2n) is 8.65. The molecule has 7 heteroatoms. The van der Waals surface area contributed by atoms with E-state index in [0.717, 1.165) is 36.1 Å². The maximum Gasteiger partial charge on any atom is 0.320 e. The quantitative estimate of drug-likeness (QED) is 0.635. The molecular formula is C26H31N3O4. The summed E-state index contributed by atoms with van der Waals surface area (Å²) >= 11 is 0. The molecule has 0 unspecified atom stereocenters. The van der Waals surface area contributed by atoms with Crippen LogP contribution in [-0.4, -0.2) is 67.9 Å².